The van der Waals surface area contributed by atoms with Gasteiger partial charge in [-0.25, -0.2) is 0 Å². The van der Waals surface area contributed by atoms with E-state index >= 15 is 0 Å². The second kappa shape index (κ2) is 13.0. The van der Waals surface area contributed by atoms with E-state index in [2.05, 4.69) is 31.7 Å². The third-order valence-corrected chi connectivity index (χ3v) is 8.97. The predicted octanol–water partition coefficient (Wildman–Crippen LogP) is 9.51. The molecule has 3 aliphatic carbocycles. The summed E-state index contributed by atoms with van der Waals surface area (Å²) >= 11 is 0. The second-order valence-corrected chi connectivity index (χ2v) is 11.0. The zero-order chi connectivity index (χ0) is 20.3. The molecule has 0 aliphatic heterocycles. The molecule has 0 heterocycles. The van der Waals surface area contributed by atoms with Crippen molar-refractivity contribution < 1.29 is 0 Å². The van der Waals surface area contributed by atoms with Gasteiger partial charge in [0.25, 0.3) is 0 Å². The summed E-state index contributed by atoms with van der Waals surface area (Å²) in [4.78, 5) is 0. The molecule has 0 N–H and O–H groups in total. The van der Waals surface area contributed by atoms with Crippen LogP contribution in [0.15, 0.2) is 24.8 Å². The van der Waals surface area contributed by atoms with Crippen LogP contribution >= 0.6 is 0 Å². The highest BCUT2D eigenvalue weighted by molar-refractivity contribution is 4.93. The van der Waals surface area contributed by atoms with Crippen molar-refractivity contribution in [3.05, 3.63) is 24.8 Å². The van der Waals surface area contributed by atoms with Crippen molar-refractivity contribution in [2.45, 2.75) is 122 Å². The lowest BCUT2D eigenvalue weighted by atomic mass is 9.68. The third kappa shape index (κ3) is 7.91. The summed E-state index contributed by atoms with van der Waals surface area (Å²) in [7, 11) is 0. The van der Waals surface area contributed by atoms with Crippen molar-refractivity contribution in [1.82, 2.24) is 0 Å². The van der Waals surface area contributed by atoms with E-state index in [1.165, 1.54) is 89.9 Å². The maximum atomic E-state index is 3.98. The zero-order valence-electron chi connectivity index (χ0n) is 19.6. The summed E-state index contributed by atoms with van der Waals surface area (Å²) in [6, 6.07) is 0. The van der Waals surface area contributed by atoms with E-state index in [9.17, 15) is 0 Å². The molecular formula is C29H50. The molecule has 3 rings (SSSR count). The number of allylic oxidation sites excluding steroid dienone is 3. The summed E-state index contributed by atoms with van der Waals surface area (Å²) in [6.45, 7) is 6.31. The summed E-state index contributed by atoms with van der Waals surface area (Å²) in [5.74, 6) is 5.91. The van der Waals surface area contributed by atoms with Gasteiger partial charge in [0.2, 0.25) is 0 Å². The van der Waals surface area contributed by atoms with Crippen LogP contribution in [0, 0.1) is 35.5 Å². The lowest BCUT2D eigenvalue weighted by Crippen LogP contribution is -2.25. The highest BCUT2D eigenvalue weighted by Crippen LogP contribution is 2.42. The Morgan fingerprint density at radius 1 is 0.655 bits per heavy atom. The van der Waals surface area contributed by atoms with Crippen molar-refractivity contribution in [1.29, 1.82) is 0 Å². The minimum atomic E-state index is 0.813. The van der Waals surface area contributed by atoms with Gasteiger partial charge in [-0.2, -0.15) is 0 Å². The SMILES string of the molecule is C=CC1CCC(CCC=CC2CCC(C3CCC(CCCCC)CC3)CC2)CC1. The van der Waals surface area contributed by atoms with Crippen LogP contribution in [0.3, 0.4) is 0 Å². The highest BCUT2D eigenvalue weighted by Gasteiger charge is 2.30. The minimum Gasteiger partial charge on any atom is -0.103 e. The molecule has 0 amide bonds. The van der Waals surface area contributed by atoms with Crippen LogP contribution in [-0.2, 0) is 0 Å². The minimum absolute atomic E-state index is 0.813. The molecule has 0 aromatic carbocycles. The van der Waals surface area contributed by atoms with E-state index in [0.29, 0.717) is 0 Å². The van der Waals surface area contributed by atoms with Crippen LogP contribution in [0.2, 0.25) is 0 Å². The van der Waals surface area contributed by atoms with Crippen LogP contribution in [0.4, 0.5) is 0 Å². The average molecular weight is 399 g/mol. The molecule has 3 aliphatic rings. The second-order valence-electron chi connectivity index (χ2n) is 11.0. The lowest BCUT2D eigenvalue weighted by molar-refractivity contribution is 0.151. The van der Waals surface area contributed by atoms with Gasteiger partial charge in [0.05, 0.1) is 0 Å². The van der Waals surface area contributed by atoms with Crippen molar-refractivity contribution in [2.24, 2.45) is 35.5 Å². The summed E-state index contributed by atoms with van der Waals surface area (Å²) in [5.41, 5.74) is 0. The van der Waals surface area contributed by atoms with Gasteiger partial charge in [0.1, 0.15) is 0 Å². The van der Waals surface area contributed by atoms with Gasteiger partial charge in [-0.05, 0) is 113 Å². The Morgan fingerprint density at radius 3 is 1.83 bits per heavy atom. The standard InChI is InChI=1S/C29H50/c1-3-5-6-9-26-16-20-28(21-17-26)29-22-18-27(19-23-29)11-8-7-10-25-14-12-24(4-2)13-15-25/h4,8,11,24-29H,2-3,5-7,9-10,12-23H2,1H3. The molecule has 0 nitrogen and oxygen atoms in total. The molecule has 0 spiro atoms. The van der Waals surface area contributed by atoms with Crippen molar-refractivity contribution in [2.75, 3.05) is 0 Å². The van der Waals surface area contributed by atoms with E-state index in [4.69, 9.17) is 0 Å². The fraction of sp³-hybridized carbons (Fsp3) is 0.862. The average Bonchev–Trinajstić information content (AvgIpc) is 2.78. The molecule has 0 radical (unpaired) electrons. The molecule has 3 saturated carbocycles. The van der Waals surface area contributed by atoms with E-state index < -0.39 is 0 Å². The maximum absolute atomic E-state index is 3.98. The molecule has 0 aromatic heterocycles. The van der Waals surface area contributed by atoms with Gasteiger partial charge in [-0.3, -0.25) is 0 Å². The first kappa shape index (κ1) is 23.1. The Morgan fingerprint density at radius 2 is 1.21 bits per heavy atom. The molecule has 0 bridgehead atoms. The molecule has 0 atom stereocenters. The Labute approximate surface area is 183 Å². The largest absolute Gasteiger partial charge is 0.103 e. The molecule has 29 heavy (non-hydrogen) atoms. The molecule has 166 valence electrons. The van der Waals surface area contributed by atoms with Crippen LogP contribution in [0.25, 0.3) is 0 Å². The topological polar surface area (TPSA) is 0 Å². The number of unbranched alkanes of at least 4 members (excludes halogenated alkanes) is 2. The van der Waals surface area contributed by atoms with E-state index in [-0.39, 0.29) is 0 Å². The fourth-order valence-corrected chi connectivity index (χ4v) is 6.77. The first-order valence-corrected chi connectivity index (χ1v) is 13.6. The van der Waals surface area contributed by atoms with Crippen LogP contribution in [0.1, 0.15) is 122 Å². The van der Waals surface area contributed by atoms with Crippen LogP contribution in [0.5, 0.6) is 0 Å². The molecule has 0 saturated heterocycles. The van der Waals surface area contributed by atoms with Crippen molar-refractivity contribution in [3.63, 3.8) is 0 Å². The van der Waals surface area contributed by atoms with Crippen molar-refractivity contribution >= 4 is 0 Å². The van der Waals surface area contributed by atoms with Gasteiger partial charge >= 0.3 is 0 Å². The lowest BCUT2D eigenvalue weighted by Gasteiger charge is -2.37. The summed E-state index contributed by atoms with van der Waals surface area (Å²) in [6.07, 6.45) is 33.8. The predicted molar refractivity (Wildman–Crippen MR) is 129 cm³/mol. The normalized spacial score (nSPS) is 36.3. The molecule has 0 aromatic rings. The van der Waals surface area contributed by atoms with Gasteiger partial charge < -0.3 is 0 Å². The quantitative estimate of drug-likeness (QED) is 0.254. The molecule has 0 unspecified atom stereocenters. The van der Waals surface area contributed by atoms with Crippen molar-refractivity contribution in [3.8, 4) is 0 Å². The Bertz CT molecular complexity index is 450. The van der Waals surface area contributed by atoms with E-state index in [1.807, 2.05) is 0 Å². The number of rotatable bonds is 10. The zero-order valence-corrected chi connectivity index (χ0v) is 19.6. The Hall–Kier alpha value is -0.520. The fourth-order valence-electron chi connectivity index (χ4n) is 6.77. The highest BCUT2D eigenvalue weighted by atomic mass is 14.4. The smallest absolute Gasteiger partial charge is 0.0233 e. The van der Waals surface area contributed by atoms with E-state index in [1.54, 1.807) is 25.7 Å². The van der Waals surface area contributed by atoms with Crippen LogP contribution < -0.4 is 0 Å². The molecular weight excluding hydrogens is 348 g/mol. The van der Waals surface area contributed by atoms with Gasteiger partial charge in [-0.1, -0.05) is 63.7 Å². The summed E-state index contributed by atoms with van der Waals surface area (Å²) < 4.78 is 0. The van der Waals surface area contributed by atoms with Gasteiger partial charge in [0.15, 0.2) is 0 Å². The third-order valence-electron chi connectivity index (χ3n) is 8.97. The monoisotopic (exact) mass is 398 g/mol. The number of hydrogen-bond donors (Lipinski definition) is 0. The van der Waals surface area contributed by atoms with E-state index in [0.717, 1.165) is 35.5 Å². The van der Waals surface area contributed by atoms with Gasteiger partial charge in [0, 0.05) is 0 Å². The summed E-state index contributed by atoms with van der Waals surface area (Å²) in [5, 5.41) is 0. The first-order valence-electron chi connectivity index (χ1n) is 13.6. The Balaban J connectivity index is 1.25. The van der Waals surface area contributed by atoms with Gasteiger partial charge in [-0.15, -0.1) is 6.58 Å². The Kier molecular flexibility index (Phi) is 10.4. The molecule has 0 heteroatoms. The molecule has 3 fully saturated rings. The maximum Gasteiger partial charge on any atom is -0.0233 e. The van der Waals surface area contributed by atoms with Crippen LogP contribution in [-0.4, -0.2) is 0 Å². The number of hydrogen-bond acceptors (Lipinski definition) is 0. The first-order chi connectivity index (χ1) is 14.3.